The van der Waals surface area contributed by atoms with Gasteiger partial charge < -0.3 is 10.3 Å². The molecule has 1 aromatic carbocycles. The van der Waals surface area contributed by atoms with E-state index in [2.05, 4.69) is 29.8 Å². The predicted molar refractivity (Wildman–Crippen MR) is 76.8 cm³/mol. The Balaban J connectivity index is 1.77. The molecule has 2 aliphatic carbocycles. The first-order valence-corrected chi connectivity index (χ1v) is 7.45. The minimum atomic E-state index is 0.602. The van der Waals surface area contributed by atoms with Crippen molar-refractivity contribution in [3.8, 4) is 0 Å². The molecule has 19 heavy (non-hydrogen) atoms. The summed E-state index contributed by atoms with van der Waals surface area (Å²) in [6, 6.07) is 6.41. The molecule has 0 spiro atoms. The summed E-state index contributed by atoms with van der Waals surface area (Å²) in [5.74, 6) is 3.86. The highest BCUT2D eigenvalue weighted by atomic mass is 15.1. The van der Waals surface area contributed by atoms with Gasteiger partial charge in [0.25, 0.3) is 0 Å². The Bertz CT molecular complexity index is 616. The molecule has 2 fully saturated rings. The molecule has 100 valence electrons. The first kappa shape index (κ1) is 11.5. The van der Waals surface area contributed by atoms with Gasteiger partial charge in [-0.2, -0.15) is 0 Å². The van der Waals surface area contributed by atoms with E-state index in [0.717, 1.165) is 23.3 Å². The van der Waals surface area contributed by atoms with Crippen LogP contribution in [0.2, 0.25) is 0 Å². The second-order valence-corrected chi connectivity index (χ2v) is 6.19. The number of aryl methyl sites for hydroxylation is 1. The highest BCUT2D eigenvalue weighted by molar-refractivity contribution is 5.77. The molecule has 2 unspecified atom stereocenters. The van der Waals surface area contributed by atoms with Gasteiger partial charge in [0.1, 0.15) is 5.82 Å². The molecule has 2 atom stereocenters. The molecular weight excluding hydrogens is 234 g/mol. The van der Waals surface area contributed by atoms with E-state index in [4.69, 9.17) is 10.7 Å². The van der Waals surface area contributed by atoms with Crippen LogP contribution in [0, 0.1) is 11.8 Å². The number of hydrogen-bond acceptors (Lipinski definition) is 2. The normalized spacial score (nSPS) is 29.5. The molecule has 1 heterocycles. The maximum absolute atomic E-state index is 5.74. The van der Waals surface area contributed by atoms with E-state index in [-0.39, 0.29) is 0 Å². The molecule has 1 aromatic heterocycles. The molecule has 0 radical (unpaired) electrons. The topological polar surface area (TPSA) is 43.8 Å². The molecule has 2 aromatic rings. The molecule has 3 heteroatoms. The van der Waals surface area contributed by atoms with Crippen LogP contribution < -0.4 is 5.73 Å². The van der Waals surface area contributed by atoms with Gasteiger partial charge in [0, 0.05) is 19.5 Å². The van der Waals surface area contributed by atoms with E-state index in [1.54, 1.807) is 0 Å². The Kier molecular flexibility index (Phi) is 2.46. The SMILES string of the molecule is Cn1c(C2C3CCCCC32)nc2ccc(CN)cc21. The van der Waals surface area contributed by atoms with Gasteiger partial charge in [-0.05, 0) is 42.4 Å². The number of aromatic nitrogens is 2. The van der Waals surface area contributed by atoms with Crippen LogP contribution in [0.25, 0.3) is 11.0 Å². The van der Waals surface area contributed by atoms with Crippen molar-refractivity contribution in [2.24, 2.45) is 24.6 Å². The van der Waals surface area contributed by atoms with Crippen LogP contribution in [0.3, 0.4) is 0 Å². The zero-order chi connectivity index (χ0) is 13.0. The van der Waals surface area contributed by atoms with E-state index in [9.17, 15) is 0 Å². The highest BCUT2D eigenvalue weighted by Gasteiger charge is 2.53. The Morgan fingerprint density at radius 3 is 2.68 bits per heavy atom. The number of benzene rings is 1. The molecule has 2 saturated carbocycles. The van der Waals surface area contributed by atoms with Crippen LogP contribution in [-0.4, -0.2) is 9.55 Å². The maximum Gasteiger partial charge on any atom is 0.113 e. The molecular formula is C16H21N3. The summed E-state index contributed by atoms with van der Waals surface area (Å²) in [6.07, 6.45) is 5.65. The summed E-state index contributed by atoms with van der Waals surface area (Å²) in [5, 5.41) is 0. The summed E-state index contributed by atoms with van der Waals surface area (Å²) in [5.41, 5.74) is 9.29. The largest absolute Gasteiger partial charge is 0.331 e. The van der Waals surface area contributed by atoms with E-state index >= 15 is 0 Å². The average molecular weight is 255 g/mol. The van der Waals surface area contributed by atoms with Gasteiger partial charge >= 0.3 is 0 Å². The Hall–Kier alpha value is -1.35. The maximum atomic E-state index is 5.74. The predicted octanol–water partition coefficient (Wildman–Crippen LogP) is 2.94. The summed E-state index contributed by atoms with van der Waals surface area (Å²) in [7, 11) is 2.16. The van der Waals surface area contributed by atoms with Crippen LogP contribution in [0.5, 0.6) is 0 Å². The van der Waals surface area contributed by atoms with Gasteiger partial charge in [-0.1, -0.05) is 18.9 Å². The first-order valence-electron chi connectivity index (χ1n) is 7.45. The fourth-order valence-corrected chi connectivity index (χ4v) is 4.05. The summed E-state index contributed by atoms with van der Waals surface area (Å²) < 4.78 is 2.30. The van der Waals surface area contributed by atoms with E-state index < -0.39 is 0 Å². The fraction of sp³-hybridized carbons (Fsp3) is 0.562. The van der Waals surface area contributed by atoms with E-state index in [1.807, 2.05) is 0 Å². The highest BCUT2D eigenvalue weighted by Crippen LogP contribution is 2.60. The third-order valence-corrected chi connectivity index (χ3v) is 5.17. The van der Waals surface area contributed by atoms with Crippen molar-refractivity contribution >= 4 is 11.0 Å². The Labute approximate surface area is 113 Å². The van der Waals surface area contributed by atoms with Gasteiger partial charge in [-0.3, -0.25) is 0 Å². The first-order chi connectivity index (χ1) is 9.29. The fourth-order valence-electron chi connectivity index (χ4n) is 4.05. The molecule has 0 aliphatic heterocycles. The Morgan fingerprint density at radius 2 is 2.00 bits per heavy atom. The number of hydrogen-bond donors (Lipinski definition) is 1. The van der Waals surface area contributed by atoms with Crippen LogP contribution in [-0.2, 0) is 13.6 Å². The van der Waals surface area contributed by atoms with Gasteiger partial charge in [0.2, 0.25) is 0 Å². The smallest absolute Gasteiger partial charge is 0.113 e. The van der Waals surface area contributed by atoms with Gasteiger partial charge in [0.05, 0.1) is 11.0 Å². The lowest BCUT2D eigenvalue weighted by molar-refractivity contribution is 0.480. The van der Waals surface area contributed by atoms with Gasteiger partial charge in [0.15, 0.2) is 0 Å². The van der Waals surface area contributed by atoms with Gasteiger partial charge in [-0.15, -0.1) is 0 Å². The zero-order valence-corrected chi connectivity index (χ0v) is 11.5. The molecule has 3 nitrogen and oxygen atoms in total. The summed E-state index contributed by atoms with van der Waals surface area (Å²) in [4.78, 5) is 4.90. The van der Waals surface area contributed by atoms with Crippen LogP contribution >= 0.6 is 0 Å². The average Bonchev–Trinajstić information content (AvgIpc) is 3.10. The molecule has 0 saturated heterocycles. The van der Waals surface area contributed by atoms with Crippen molar-refractivity contribution < 1.29 is 0 Å². The third kappa shape index (κ3) is 1.64. The second kappa shape index (κ2) is 4.07. The monoisotopic (exact) mass is 255 g/mol. The second-order valence-electron chi connectivity index (χ2n) is 6.19. The van der Waals surface area contributed by atoms with E-state index in [1.165, 1.54) is 42.6 Å². The number of fused-ring (bicyclic) bond motifs is 2. The lowest BCUT2D eigenvalue weighted by Crippen LogP contribution is -1.99. The minimum absolute atomic E-state index is 0.602. The van der Waals surface area contributed by atoms with Crippen LogP contribution in [0.4, 0.5) is 0 Å². The number of imidazole rings is 1. The lowest BCUT2D eigenvalue weighted by atomic mass is 10.0. The molecule has 2 N–H and O–H groups in total. The quantitative estimate of drug-likeness (QED) is 0.896. The van der Waals surface area contributed by atoms with Crippen molar-refractivity contribution in [3.05, 3.63) is 29.6 Å². The van der Waals surface area contributed by atoms with Crippen molar-refractivity contribution in [1.29, 1.82) is 0 Å². The van der Waals surface area contributed by atoms with Crippen LogP contribution in [0.15, 0.2) is 18.2 Å². The molecule has 0 amide bonds. The molecule has 2 aliphatic rings. The summed E-state index contributed by atoms with van der Waals surface area (Å²) >= 11 is 0. The minimum Gasteiger partial charge on any atom is -0.331 e. The zero-order valence-electron chi connectivity index (χ0n) is 11.5. The third-order valence-electron chi connectivity index (χ3n) is 5.17. The lowest BCUT2D eigenvalue weighted by Gasteiger charge is -2.04. The number of rotatable bonds is 2. The number of nitrogens with zero attached hydrogens (tertiary/aromatic N) is 2. The van der Waals surface area contributed by atoms with Crippen LogP contribution in [0.1, 0.15) is 43.0 Å². The van der Waals surface area contributed by atoms with Gasteiger partial charge in [-0.25, -0.2) is 4.98 Å². The van der Waals surface area contributed by atoms with Crippen molar-refractivity contribution in [2.75, 3.05) is 0 Å². The molecule has 4 rings (SSSR count). The summed E-state index contributed by atoms with van der Waals surface area (Å²) in [6.45, 7) is 0.602. The van der Waals surface area contributed by atoms with Crippen molar-refractivity contribution in [1.82, 2.24) is 9.55 Å². The number of nitrogens with two attached hydrogens (primary N) is 1. The standard InChI is InChI=1S/C16H21N3/c1-19-14-8-10(9-17)6-7-13(14)18-16(19)15-11-4-2-3-5-12(11)15/h6-8,11-12,15H,2-5,9,17H2,1H3. The molecule has 0 bridgehead atoms. The van der Waals surface area contributed by atoms with Crippen molar-refractivity contribution in [3.63, 3.8) is 0 Å². The van der Waals surface area contributed by atoms with E-state index in [0.29, 0.717) is 6.54 Å². The Morgan fingerprint density at radius 1 is 1.26 bits per heavy atom. The van der Waals surface area contributed by atoms with Crippen molar-refractivity contribution in [2.45, 2.75) is 38.1 Å².